The minimum Gasteiger partial charge on any atom is -0.457 e. The van der Waals surface area contributed by atoms with Gasteiger partial charge in [-0.05, 0) is 93.0 Å². The SMILES string of the molecule is CC1(C)c2ccccc2Oc2ccc(N(c3cccc(-c4ccccc4)c3)c3cccc(C4(c5ccccc5)c5ccccc5-c5ccccc54)c3)cc21. The van der Waals surface area contributed by atoms with Crippen LogP contribution in [0.2, 0.25) is 0 Å². The number of rotatable bonds is 6. The minimum absolute atomic E-state index is 0.256. The van der Waals surface area contributed by atoms with Gasteiger partial charge in [0.15, 0.2) is 0 Å². The van der Waals surface area contributed by atoms with Crippen LogP contribution in [0.25, 0.3) is 22.3 Å². The second kappa shape index (κ2) is 12.5. The Morgan fingerprint density at radius 3 is 1.61 bits per heavy atom. The van der Waals surface area contributed by atoms with Gasteiger partial charge in [0.2, 0.25) is 0 Å². The second-order valence-electron chi connectivity index (χ2n) is 14.9. The fourth-order valence-corrected chi connectivity index (χ4v) is 9.06. The van der Waals surface area contributed by atoms with Crippen molar-refractivity contribution in [3.8, 4) is 33.8 Å². The van der Waals surface area contributed by atoms with Gasteiger partial charge in [0.05, 0.1) is 5.41 Å². The molecular formula is C52H39NO. The number of fused-ring (bicyclic) bond motifs is 5. The van der Waals surface area contributed by atoms with Gasteiger partial charge in [-0.25, -0.2) is 0 Å². The number of para-hydroxylation sites is 1. The van der Waals surface area contributed by atoms with Crippen LogP contribution in [0.3, 0.4) is 0 Å². The van der Waals surface area contributed by atoms with Crippen molar-refractivity contribution in [2.45, 2.75) is 24.7 Å². The van der Waals surface area contributed by atoms with Crippen LogP contribution < -0.4 is 9.64 Å². The summed E-state index contributed by atoms with van der Waals surface area (Å²) in [4.78, 5) is 2.41. The maximum absolute atomic E-state index is 6.53. The van der Waals surface area contributed by atoms with E-state index in [0.29, 0.717) is 0 Å². The van der Waals surface area contributed by atoms with Crippen LogP contribution in [0, 0.1) is 0 Å². The molecule has 10 rings (SSSR count). The number of nitrogens with zero attached hydrogens (tertiary/aromatic N) is 1. The lowest BCUT2D eigenvalue weighted by molar-refractivity contribution is 0.418. The van der Waals surface area contributed by atoms with Gasteiger partial charge in [0.1, 0.15) is 11.5 Å². The molecule has 0 N–H and O–H groups in total. The Balaban J connectivity index is 1.21. The summed E-state index contributed by atoms with van der Waals surface area (Å²) in [5.41, 5.74) is 14.9. The fourth-order valence-electron chi connectivity index (χ4n) is 9.06. The van der Waals surface area contributed by atoms with Crippen molar-refractivity contribution >= 4 is 17.1 Å². The molecule has 0 saturated heterocycles. The highest BCUT2D eigenvalue weighted by Crippen LogP contribution is 2.57. The maximum Gasteiger partial charge on any atom is 0.131 e. The summed E-state index contributed by atoms with van der Waals surface area (Å²) in [6.07, 6.45) is 0. The van der Waals surface area contributed by atoms with E-state index in [0.717, 1.165) is 28.6 Å². The monoisotopic (exact) mass is 693 g/mol. The molecule has 0 spiro atoms. The van der Waals surface area contributed by atoms with Crippen molar-refractivity contribution in [3.63, 3.8) is 0 Å². The van der Waals surface area contributed by atoms with E-state index in [1.54, 1.807) is 0 Å². The zero-order valence-corrected chi connectivity index (χ0v) is 30.4. The first kappa shape index (κ1) is 32.0. The summed E-state index contributed by atoms with van der Waals surface area (Å²) in [6.45, 7) is 4.60. The molecule has 2 heteroatoms. The van der Waals surface area contributed by atoms with E-state index in [2.05, 4.69) is 213 Å². The van der Waals surface area contributed by atoms with Crippen molar-refractivity contribution in [3.05, 3.63) is 234 Å². The third-order valence-corrected chi connectivity index (χ3v) is 11.6. The highest BCUT2D eigenvalue weighted by molar-refractivity contribution is 5.88. The van der Waals surface area contributed by atoms with Gasteiger partial charge in [-0.15, -0.1) is 0 Å². The van der Waals surface area contributed by atoms with E-state index in [1.807, 2.05) is 6.07 Å². The molecule has 258 valence electrons. The van der Waals surface area contributed by atoms with E-state index < -0.39 is 5.41 Å². The highest BCUT2D eigenvalue weighted by atomic mass is 16.5. The average Bonchev–Trinajstić information content (AvgIpc) is 3.53. The first-order valence-corrected chi connectivity index (χ1v) is 18.8. The van der Waals surface area contributed by atoms with Crippen molar-refractivity contribution in [1.29, 1.82) is 0 Å². The predicted molar refractivity (Wildman–Crippen MR) is 223 cm³/mol. The van der Waals surface area contributed by atoms with Gasteiger partial charge in [0, 0.05) is 33.6 Å². The molecule has 2 nitrogen and oxygen atoms in total. The molecule has 0 unspecified atom stereocenters. The van der Waals surface area contributed by atoms with Crippen LogP contribution in [-0.2, 0) is 10.8 Å². The van der Waals surface area contributed by atoms with Gasteiger partial charge < -0.3 is 9.64 Å². The van der Waals surface area contributed by atoms with Gasteiger partial charge in [-0.2, -0.15) is 0 Å². The Morgan fingerprint density at radius 2 is 0.889 bits per heavy atom. The Labute approximate surface area is 317 Å². The summed E-state index contributed by atoms with van der Waals surface area (Å²) in [7, 11) is 0. The van der Waals surface area contributed by atoms with E-state index in [-0.39, 0.29) is 5.41 Å². The zero-order chi connectivity index (χ0) is 36.3. The molecule has 0 bridgehead atoms. The largest absolute Gasteiger partial charge is 0.457 e. The van der Waals surface area contributed by atoms with Gasteiger partial charge in [0.25, 0.3) is 0 Å². The molecule has 1 aliphatic heterocycles. The lowest BCUT2D eigenvalue weighted by Crippen LogP contribution is -2.29. The number of hydrogen-bond donors (Lipinski definition) is 0. The highest BCUT2D eigenvalue weighted by Gasteiger charge is 2.46. The Morgan fingerprint density at radius 1 is 0.370 bits per heavy atom. The number of ether oxygens (including phenoxy) is 1. The smallest absolute Gasteiger partial charge is 0.131 e. The minimum atomic E-state index is -0.503. The standard InChI is InChI=1S/C52H39NO/c1-51(2)47-29-13-14-30-49(47)54-50-32-31-42(35-48(50)51)53(40-23-15-19-37(33-40)36-17-5-3-6-18-36)41-24-16-22-39(34-41)52(38-20-7-4-8-21-38)45-27-11-9-25-43(45)44-26-10-12-28-46(44)52/h3-35H,1-2H3. The van der Waals surface area contributed by atoms with Gasteiger partial charge in [-0.1, -0.05) is 166 Å². The average molecular weight is 694 g/mol. The molecule has 0 aromatic heterocycles. The molecular weight excluding hydrogens is 655 g/mol. The van der Waals surface area contributed by atoms with Crippen molar-refractivity contribution in [1.82, 2.24) is 0 Å². The molecule has 1 aliphatic carbocycles. The lowest BCUT2D eigenvalue weighted by atomic mass is 9.67. The Kier molecular flexibility index (Phi) is 7.42. The first-order valence-electron chi connectivity index (χ1n) is 18.8. The molecule has 0 saturated carbocycles. The molecule has 54 heavy (non-hydrogen) atoms. The van der Waals surface area contributed by atoms with Crippen LogP contribution in [0.15, 0.2) is 200 Å². The molecule has 0 fully saturated rings. The molecule has 0 radical (unpaired) electrons. The second-order valence-corrected chi connectivity index (χ2v) is 14.9. The summed E-state index contributed by atoms with van der Waals surface area (Å²) < 4.78 is 6.53. The molecule has 2 aliphatic rings. The number of benzene rings is 8. The van der Waals surface area contributed by atoms with Crippen molar-refractivity contribution in [2.75, 3.05) is 4.90 Å². The van der Waals surface area contributed by atoms with Gasteiger partial charge in [-0.3, -0.25) is 0 Å². The third kappa shape index (κ3) is 4.87. The normalized spacial score (nSPS) is 14.2. The van der Waals surface area contributed by atoms with Crippen molar-refractivity contribution in [2.24, 2.45) is 0 Å². The topological polar surface area (TPSA) is 12.5 Å². The predicted octanol–water partition coefficient (Wildman–Crippen LogP) is 13.6. The number of anilines is 3. The van der Waals surface area contributed by atoms with Crippen LogP contribution in [0.1, 0.15) is 47.2 Å². The third-order valence-electron chi connectivity index (χ3n) is 11.6. The molecule has 8 aromatic rings. The van der Waals surface area contributed by atoms with E-state index in [9.17, 15) is 0 Å². The van der Waals surface area contributed by atoms with Crippen LogP contribution in [0.4, 0.5) is 17.1 Å². The fraction of sp³-hybridized carbons (Fsp3) is 0.0769. The lowest BCUT2D eigenvalue weighted by Gasteiger charge is -2.37. The maximum atomic E-state index is 6.53. The molecule has 1 heterocycles. The van der Waals surface area contributed by atoms with Crippen molar-refractivity contribution < 1.29 is 4.74 Å². The van der Waals surface area contributed by atoms with Gasteiger partial charge >= 0.3 is 0 Å². The molecule has 8 aromatic carbocycles. The summed E-state index contributed by atoms with van der Waals surface area (Å²) in [5, 5.41) is 0. The van der Waals surface area contributed by atoms with Crippen LogP contribution in [0.5, 0.6) is 11.5 Å². The van der Waals surface area contributed by atoms with E-state index in [1.165, 1.54) is 55.6 Å². The number of hydrogen-bond acceptors (Lipinski definition) is 2. The first-order chi connectivity index (χ1) is 26.5. The quantitative estimate of drug-likeness (QED) is 0.172. The summed E-state index contributed by atoms with van der Waals surface area (Å²) in [5.74, 6) is 1.82. The Bertz CT molecular complexity index is 2630. The van der Waals surface area contributed by atoms with Crippen LogP contribution >= 0.6 is 0 Å². The van der Waals surface area contributed by atoms with E-state index in [4.69, 9.17) is 4.74 Å². The van der Waals surface area contributed by atoms with E-state index >= 15 is 0 Å². The summed E-state index contributed by atoms with van der Waals surface area (Å²) >= 11 is 0. The Hall–Kier alpha value is -6.64. The molecule has 0 amide bonds. The molecule has 0 atom stereocenters. The zero-order valence-electron chi connectivity index (χ0n) is 30.4. The van der Waals surface area contributed by atoms with Crippen LogP contribution in [-0.4, -0.2) is 0 Å². The summed E-state index contributed by atoms with van der Waals surface area (Å²) in [6, 6.07) is 72.8.